The maximum absolute atomic E-state index is 11.9. The molecule has 1 aliphatic rings. The van der Waals surface area contributed by atoms with Crippen molar-refractivity contribution in [3.8, 4) is 0 Å². The molecule has 106 valence electrons. The third-order valence-corrected chi connectivity index (χ3v) is 3.54. The van der Waals surface area contributed by atoms with Crippen molar-refractivity contribution < 1.29 is 14.0 Å². The molecule has 1 aliphatic heterocycles. The molecule has 0 saturated heterocycles. The van der Waals surface area contributed by atoms with Crippen LogP contribution in [-0.2, 0) is 4.79 Å². The van der Waals surface area contributed by atoms with Crippen LogP contribution < -0.4 is 10.9 Å². The molecule has 22 heavy (non-hydrogen) atoms. The highest BCUT2D eigenvalue weighted by molar-refractivity contribution is 6.53. The minimum absolute atomic E-state index is 0.0701. The Bertz CT molecular complexity index is 1060. The van der Waals surface area contributed by atoms with E-state index in [1.165, 1.54) is 6.07 Å². The molecular formula is C16H8N2O4. The molecule has 6 nitrogen and oxygen atoms in total. The molecule has 1 N–H and O–H groups in total. The molecule has 1 aromatic heterocycles. The second-order valence-corrected chi connectivity index (χ2v) is 4.86. The second kappa shape index (κ2) is 4.36. The van der Waals surface area contributed by atoms with E-state index in [-0.39, 0.29) is 5.71 Å². The number of hydrogen-bond donors (Lipinski definition) is 1. The lowest BCUT2D eigenvalue weighted by atomic mass is 9.99. The number of carbonyl (C=O) groups is 2. The largest absolute Gasteiger partial charge is 0.423 e. The van der Waals surface area contributed by atoms with E-state index >= 15 is 0 Å². The average molecular weight is 292 g/mol. The fourth-order valence-corrected chi connectivity index (χ4v) is 2.65. The summed E-state index contributed by atoms with van der Waals surface area (Å²) in [6.45, 7) is 0. The topological polar surface area (TPSA) is 88.7 Å². The maximum atomic E-state index is 11.9. The van der Waals surface area contributed by atoms with Gasteiger partial charge in [0.15, 0.2) is 0 Å². The molecule has 3 aromatic rings. The van der Waals surface area contributed by atoms with Crippen LogP contribution in [0, 0.1) is 0 Å². The van der Waals surface area contributed by atoms with Gasteiger partial charge in [0.2, 0.25) is 0 Å². The van der Waals surface area contributed by atoms with Gasteiger partial charge in [-0.3, -0.25) is 10.1 Å². The van der Waals surface area contributed by atoms with Crippen LogP contribution in [0.3, 0.4) is 0 Å². The number of imide groups is 1. The van der Waals surface area contributed by atoms with Crippen LogP contribution in [-0.4, -0.2) is 17.6 Å². The number of benzene rings is 2. The number of rotatable bonds is 1. The number of nitrogens with one attached hydrogen (secondary N) is 1. The van der Waals surface area contributed by atoms with Gasteiger partial charge in [0.05, 0.1) is 0 Å². The van der Waals surface area contributed by atoms with Crippen LogP contribution in [0.25, 0.3) is 21.7 Å². The van der Waals surface area contributed by atoms with Crippen molar-refractivity contribution >= 4 is 39.4 Å². The molecule has 0 radical (unpaired) electrons. The quantitative estimate of drug-likeness (QED) is 0.548. The Balaban J connectivity index is 2.20. The lowest BCUT2D eigenvalue weighted by Gasteiger charge is -2.07. The number of carbonyl (C=O) groups excluding carboxylic acids is 2. The highest BCUT2D eigenvalue weighted by Crippen LogP contribution is 2.28. The zero-order valence-corrected chi connectivity index (χ0v) is 11.1. The van der Waals surface area contributed by atoms with Crippen molar-refractivity contribution in [3.63, 3.8) is 0 Å². The monoisotopic (exact) mass is 292 g/mol. The van der Waals surface area contributed by atoms with Crippen molar-refractivity contribution in [2.75, 3.05) is 0 Å². The van der Waals surface area contributed by atoms with Gasteiger partial charge in [0.25, 0.3) is 5.91 Å². The lowest BCUT2D eigenvalue weighted by Crippen LogP contribution is -2.26. The second-order valence-electron chi connectivity index (χ2n) is 4.86. The number of urea groups is 1. The number of fused-ring (bicyclic) bond motifs is 3. The van der Waals surface area contributed by atoms with Crippen LogP contribution >= 0.6 is 0 Å². The number of amides is 3. The summed E-state index contributed by atoms with van der Waals surface area (Å²) in [4.78, 5) is 38.6. The Labute approximate surface area is 123 Å². The smallest absolute Gasteiger partial charge is 0.348 e. The third kappa shape index (κ3) is 1.74. The standard InChI is InChI=1S/C16H8N2O4/c19-12-7-10(14-15(20)18-16(21)17-14)13-9-4-2-1-3-8(9)5-6-11(13)22-12/h1-7H,(H,18,20,21). The summed E-state index contributed by atoms with van der Waals surface area (Å²) in [7, 11) is 0. The summed E-state index contributed by atoms with van der Waals surface area (Å²) in [5.41, 5.74) is -0.0330. The van der Waals surface area contributed by atoms with Crippen molar-refractivity contribution in [2.45, 2.75) is 0 Å². The van der Waals surface area contributed by atoms with E-state index in [9.17, 15) is 14.4 Å². The molecule has 0 aliphatic carbocycles. The van der Waals surface area contributed by atoms with Gasteiger partial charge in [0.1, 0.15) is 11.3 Å². The van der Waals surface area contributed by atoms with E-state index in [1.807, 2.05) is 30.3 Å². The minimum atomic E-state index is -0.735. The van der Waals surface area contributed by atoms with Crippen LogP contribution in [0.5, 0.6) is 0 Å². The fourth-order valence-electron chi connectivity index (χ4n) is 2.65. The van der Waals surface area contributed by atoms with Crippen LogP contribution in [0.1, 0.15) is 5.56 Å². The van der Waals surface area contributed by atoms with Gasteiger partial charge in [0, 0.05) is 17.0 Å². The molecule has 4 rings (SSSR count). The van der Waals surface area contributed by atoms with E-state index < -0.39 is 17.6 Å². The zero-order chi connectivity index (χ0) is 15.3. The van der Waals surface area contributed by atoms with Gasteiger partial charge in [-0.15, -0.1) is 0 Å². The summed E-state index contributed by atoms with van der Waals surface area (Å²) in [6.07, 6.45) is 0. The summed E-state index contributed by atoms with van der Waals surface area (Å²) < 4.78 is 5.20. The first-order valence-corrected chi connectivity index (χ1v) is 6.53. The zero-order valence-electron chi connectivity index (χ0n) is 11.1. The van der Waals surface area contributed by atoms with Crippen LogP contribution in [0.15, 0.2) is 56.7 Å². The number of nitrogens with zero attached hydrogens (tertiary/aromatic N) is 1. The number of hydrogen-bond acceptors (Lipinski definition) is 4. The highest BCUT2D eigenvalue weighted by atomic mass is 16.4. The minimum Gasteiger partial charge on any atom is -0.423 e. The SMILES string of the molecule is O=C1N=C(c2cc(=O)oc3ccc4ccccc4c23)C(=O)N1. The van der Waals surface area contributed by atoms with Crippen LogP contribution in [0.2, 0.25) is 0 Å². The van der Waals surface area contributed by atoms with Gasteiger partial charge >= 0.3 is 11.7 Å². The normalized spacial score (nSPS) is 14.5. The molecule has 0 spiro atoms. The van der Waals surface area contributed by atoms with E-state index in [1.54, 1.807) is 6.07 Å². The Morgan fingerprint density at radius 2 is 1.82 bits per heavy atom. The molecule has 0 fully saturated rings. The Hall–Kier alpha value is -3.28. The van der Waals surface area contributed by atoms with Crippen molar-refractivity contribution in [1.29, 1.82) is 0 Å². The fraction of sp³-hybridized carbons (Fsp3) is 0. The van der Waals surface area contributed by atoms with Crippen molar-refractivity contribution in [3.05, 3.63) is 58.4 Å². The Kier molecular flexibility index (Phi) is 2.47. The summed E-state index contributed by atoms with van der Waals surface area (Å²) in [5, 5.41) is 4.41. The predicted molar refractivity (Wildman–Crippen MR) is 80.1 cm³/mol. The first kappa shape index (κ1) is 12.5. The summed E-state index contributed by atoms with van der Waals surface area (Å²) in [6, 6.07) is 11.4. The molecule has 6 heteroatoms. The Morgan fingerprint density at radius 1 is 1.00 bits per heavy atom. The third-order valence-electron chi connectivity index (χ3n) is 3.54. The van der Waals surface area contributed by atoms with Crippen molar-refractivity contribution in [2.24, 2.45) is 4.99 Å². The average Bonchev–Trinajstić information content (AvgIpc) is 2.84. The van der Waals surface area contributed by atoms with Gasteiger partial charge < -0.3 is 4.42 Å². The molecule has 2 aromatic carbocycles. The lowest BCUT2D eigenvalue weighted by molar-refractivity contribution is -0.113. The molecular weight excluding hydrogens is 284 g/mol. The van der Waals surface area contributed by atoms with Crippen LogP contribution in [0.4, 0.5) is 4.79 Å². The first-order valence-electron chi connectivity index (χ1n) is 6.53. The van der Waals surface area contributed by atoms with E-state index in [0.717, 1.165) is 10.8 Å². The predicted octanol–water partition coefficient (Wildman–Crippen LogP) is 1.99. The van der Waals surface area contributed by atoms with E-state index in [2.05, 4.69) is 10.3 Å². The summed E-state index contributed by atoms with van der Waals surface area (Å²) in [5.74, 6) is -0.621. The molecule has 3 amide bonds. The molecule has 0 saturated carbocycles. The maximum Gasteiger partial charge on any atom is 0.348 e. The molecule has 2 heterocycles. The van der Waals surface area contributed by atoms with Crippen molar-refractivity contribution in [1.82, 2.24) is 5.32 Å². The van der Waals surface area contributed by atoms with E-state index in [0.29, 0.717) is 16.5 Å². The molecule has 0 bridgehead atoms. The van der Waals surface area contributed by atoms with E-state index in [4.69, 9.17) is 4.42 Å². The van der Waals surface area contributed by atoms with Gasteiger partial charge in [-0.05, 0) is 16.8 Å². The molecule has 0 unspecified atom stereocenters. The Morgan fingerprint density at radius 3 is 2.59 bits per heavy atom. The summed E-state index contributed by atoms with van der Waals surface area (Å²) >= 11 is 0. The van der Waals surface area contributed by atoms with Gasteiger partial charge in [-0.25, -0.2) is 9.59 Å². The number of aliphatic imine (C=N–C) groups is 1. The van der Waals surface area contributed by atoms with Gasteiger partial charge in [-0.2, -0.15) is 4.99 Å². The highest BCUT2D eigenvalue weighted by Gasteiger charge is 2.27. The van der Waals surface area contributed by atoms with Gasteiger partial charge in [-0.1, -0.05) is 30.3 Å². The molecule has 0 atom stereocenters. The first-order chi connectivity index (χ1) is 10.6.